The van der Waals surface area contributed by atoms with Crippen molar-refractivity contribution in [1.82, 2.24) is 13.7 Å². The van der Waals surface area contributed by atoms with Crippen LogP contribution in [0.15, 0.2) is 60.7 Å². The average molecular weight is 439 g/mol. The van der Waals surface area contributed by atoms with Gasteiger partial charge in [-0.15, -0.1) is 0 Å². The van der Waals surface area contributed by atoms with Gasteiger partial charge < -0.3 is 9.31 Å². The summed E-state index contributed by atoms with van der Waals surface area (Å²) in [7, 11) is -0.379. The fraction of sp³-hybridized carbons (Fsp3) is 0.240. The van der Waals surface area contributed by atoms with E-state index in [1.54, 1.807) is 0 Å². The molecule has 3 aromatic carbocycles. The van der Waals surface area contributed by atoms with E-state index >= 15 is 0 Å². The Kier molecular flexibility index (Phi) is 4.22. The summed E-state index contributed by atoms with van der Waals surface area (Å²) < 4.78 is 21.5. The summed E-state index contributed by atoms with van der Waals surface area (Å²) in [6.45, 7) is 8.28. The van der Waals surface area contributed by atoms with Gasteiger partial charge in [0.25, 0.3) is 0 Å². The topological polar surface area (TPSA) is 57.1 Å². The maximum absolute atomic E-state index is 6.21. The minimum absolute atomic E-state index is 0.362. The van der Waals surface area contributed by atoms with Gasteiger partial charge in [-0.3, -0.25) is 0 Å². The van der Waals surface area contributed by atoms with E-state index in [2.05, 4.69) is 78.9 Å². The lowest BCUT2D eigenvalue weighted by atomic mass is 9.78. The molecule has 32 heavy (non-hydrogen) atoms. The number of aromatic nitrogens is 3. The number of hydrogen-bond donors (Lipinski definition) is 0. The second-order valence-electron chi connectivity index (χ2n) is 9.31. The molecule has 0 atom stereocenters. The van der Waals surface area contributed by atoms with Crippen molar-refractivity contribution < 1.29 is 9.31 Å². The zero-order chi connectivity index (χ0) is 22.1. The fourth-order valence-corrected chi connectivity index (χ4v) is 4.82. The highest BCUT2D eigenvalue weighted by atomic mass is 32.1. The molecule has 0 spiro atoms. The third kappa shape index (κ3) is 2.89. The summed E-state index contributed by atoms with van der Waals surface area (Å²) >= 11 is 1.25. The molecule has 0 radical (unpaired) electrons. The molecule has 1 aliphatic heterocycles. The zero-order valence-corrected chi connectivity index (χ0v) is 19.2. The van der Waals surface area contributed by atoms with Gasteiger partial charge in [0.15, 0.2) is 0 Å². The SMILES string of the molecule is CC1(C)OB(c2ccc(-c3nc4ccccc4c4c3ccc3nsnc34)cc2)OC1(C)C. The summed E-state index contributed by atoms with van der Waals surface area (Å²) in [6.07, 6.45) is 0. The molecular weight excluding hydrogens is 417 g/mol. The Bertz CT molecular complexity index is 1480. The van der Waals surface area contributed by atoms with Crippen molar-refractivity contribution in [3.05, 3.63) is 60.7 Å². The van der Waals surface area contributed by atoms with Gasteiger partial charge in [-0.25, -0.2) is 4.98 Å². The largest absolute Gasteiger partial charge is 0.494 e. The first kappa shape index (κ1) is 19.8. The molecule has 6 rings (SSSR count). The van der Waals surface area contributed by atoms with E-state index in [-0.39, 0.29) is 18.3 Å². The molecule has 3 heterocycles. The minimum atomic E-state index is -0.379. The number of fused-ring (bicyclic) bond motifs is 5. The molecule has 0 amide bonds. The van der Waals surface area contributed by atoms with Gasteiger partial charge in [-0.1, -0.05) is 42.5 Å². The van der Waals surface area contributed by atoms with Gasteiger partial charge in [0, 0.05) is 21.7 Å². The Morgan fingerprint density at radius 2 is 1.47 bits per heavy atom. The molecule has 0 saturated carbocycles. The van der Waals surface area contributed by atoms with Gasteiger partial charge in [0.1, 0.15) is 11.0 Å². The van der Waals surface area contributed by atoms with Crippen LogP contribution < -0.4 is 5.46 Å². The summed E-state index contributed by atoms with van der Waals surface area (Å²) in [5, 5.41) is 3.28. The summed E-state index contributed by atoms with van der Waals surface area (Å²) in [4.78, 5) is 5.03. The molecule has 0 bridgehead atoms. The van der Waals surface area contributed by atoms with Gasteiger partial charge in [0.2, 0.25) is 0 Å². The molecular formula is C25H22BN3O2S. The van der Waals surface area contributed by atoms with Crippen molar-refractivity contribution >= 4 is 57.0 Å². The predicted octanol–water partition coefficient (Wildman–Crippen LogP) is 5.36. The van der Waals surface area contributed by atoms with E-state index in [0.717, 1.165) is 49.4 Å². The highest BCUT2D eigenvalue weighted by molar-refractivity contribution is 7.00. The van der Waals surface area contributed by atoms with E-state index in [4.69, 9.17) is 14.3 Å². The Labute approximate surface area is 190 Å². The number of benzene rings is 3. The summed E-state index contributed by atoms with van der Waals surface area (Å²) in [5.74, 6) is 0. The standard InChI is InChI=1S/C25H22BN3O2S/c1-24(2)25(3,4)31-26(30-24)16-11-9-15(10-12-16)22-18-13-14-20-23(29-32-28-20)21(18)17-7-5-6-8-19(17)27-22/h5-14H,1-4H3. The van der Waals surface area contributed by atoms with Crippen molar-refractivity contribution in [1.29, 1.82) is 0 Å². The molecule has 1 saturated heterocycles. The van der Waals surface area contributed by atoms with E-state index in [1.165, 1.54) is 11.7 Å². The molecule has 1 aliphatic rings. The van der Waals surface area contributed by atoms with Crippen LogP contribution in [0.2, 0.25) is 0 Å². The monoisotopic (exact) mass is 439 g/mol. The lowest BCUT2D eigenvalue weighted by molar-refractivity contribution is 0.00578. The van der Waals surface area contributed by atoms with Crippen LogP contribution in [0.4, 0.5) is 0 Å². The van der Waals surface area contributed by atoms with Crippen molar-refractivity contribution in [2.75, 3.05) is 0 Å². The number of nitrogens with zero attached hydrogens (tertiary/aromatic N) is 3. The molecule has 0 N–H and O–H groups in total. The Morgan fingerprint density at radius 3 is 2.22 bits per heavy atom. The highest BCUT2D eigenvalue weighted by Gasteiger charge is 2.51. The van der Waals surface area contributed by atoms with E-state index in [1.807, 2.05) is 18.2 Å². The third-order valence-electron chi connectivity index (χ3n) is 6.80. The number of rotatable bonds is 2. The van der Waals surface area contributed by atoms with Gasteiger partial charge in [-0.05, 0) is 51.4 Å². The minimum Gasteiger partial charge on any atom is -0.399 e. The lowest BCUT2D eigenvalue weighted by Crippen LogP contribution is -2.41. The first-order chi connectivity index (χ1) is 15.3. The number of pyridine rings is 1. The van der Waals surface area contributed by atoms with Crippen LogP contribution in [0.5, 0.6) is 0 Å². The second-order valence-corrected chi connectivity index (χ2v) is 9.84. The predicted molar refractivity (Wildman–Crippen MR) is 131 cm³/mol. The van der Waals surface area contributed by atoms with Crippen LogP contribution in [-0.4, -0.2) is 32.1 Å². The highest BCUT2D eigenvalue weighted by Crippen LogP contribution is 2.38. The Hall–Kier alpha value is -2.87. The molecule has 7 heteroatoms. The maximum atomic E-state index is 6.21. The molecule has 0 unspecified atom stereocenters. The number of hydrogen-bond acceptors (Lipinski definition) is 6. The van der Waals surface area contributed by atoms with Crippen LogP contribution in [0.1, 0.15) is 27.7 Å². The van der Waals surface area contributed by atoms with Gasteiger partial charge in [-0.2, -0.15) is 8.75 Å². The van der Waals surface area contributed by atoms with Crippen LogP contribution in [0.3, 0.4) is 0 Å². The first-order valence-electron chi connectivity index (χ1n) is 10.7. The molecule has 2 aromatic heterocycles. The molecule has 0 aliphatic carbocycles. The summed E-state index contributed by atoms with van der Waals surface area (Å²) in [5.41, 5.74) is 5.06. The van der Waals surface area contributed by atoms with Crippen LogP contribution in [0.25, 0.3) is 44.0 Å². The van der Waals surface area contributed by atoms with Crippen LogP contribution >= 0.6 is 11.7 Å². The third-order valence-corrected chi connectivity index (χ3v) is 7.34. The van der Waals surface area contributed by atoms with Crippen molar-refractivity contribution in [2.45, 2.75) is 38.9 Å². The van der Waals surface area contributed by atoms with E-state index in [9.17, 15) is 0 Å². The fourth-order valence-electron chi connectivity index (χ4n) is 4.28. The first-order valence-corrected chi connectivity index (χ1v) is 11.5. The zero-order valence-electron chi connectivity index (χ0n) is 18.4. The van der Waals surface area contributed by atoms with Crippen molar-refractivity contribution in [2.24, 2.45) is 0 Å². The molecule has 158 valence electrons. The van der Waals surface area contributed by atoms with Gasteiger partial charge >= 0.3 is 7.12 Å². The normalized spacial score (nSPS) is 17.6. The molecule has 5 aromatic rings. The average Bonchev–Trinajstić information content (AvgIpc) is 3.34. The quantitative estimate of drug-likeness (QED) is 0.274. The van der Waals surface area contributed by atoms with Crippen LogP contribution in [0, 0.1) is 0 Å². The maximum Gasteiger partial charge on any atom is 0.494 e. The van der Waals surface area contributed by atoms with Crippen molar-refractivity contribution in [3.8, 4) is 11.3 Å². The lowest BCUT2D eigenvalue weighted by Gasteiger charge is -2.32. The van der Waals surface area contributed by atoms with Crippen molar-refractivity contribution in [3.63, 3.8) is 0 Å². The van der Waals surface area contributed by atoms with Gasteiger partial charge in [0.05, 0.1) is 34.1 Å². The van der Waals surface area contributed by atoms with E-state index < -0.39 is 0 Å². The number of para-hydroxylation sites is 1. The molecule has 5 nitrogen and oxygen atoms in total. The molecule has 1 fully saturated rings. The smallest absolute Gasteiger partial charge is 0.399 e. The summed E-state index contributed by atoms with van der Waals surface area (Å²) in [6, 6.07) is 20.7. The Balaban J connectivity index is 1.50. The van der Waals surface area contributed by atoms with Crippen LogP contribution in [-0.2, 0) is 9.31 Å². The Morgan fingerprint density at radius 1 is 0.750 bits per heavy atom. The van der Waals surface area contributed by atoms with E-state index in [0.29, 0.717) is 0 Å². The second kappa shape index (κ2) is 6.81.